The van der Waals surface area contributed by atoms with Crippen molar-refractivity contribution < 1.29 is 4.39 Å². The number of nitrogens with zero attached hydrogens (tertiary/aromatic N) is 1. The van der Waals surface area contributed by atoms with Crippen molar-refractivity contribution in [1.29, 1.82) is 0 Å². The van der Waals surface area contributed by atoms with Gasteiger partial charge in [-0.2, -0.15) is 0 Å². The zero-order chi connectivity index (χ0) is 14.0. The second-order valence-electron chi connectivity index (χ2n) is 5.87. The molecule has 106 valence electrons. The van der Waals surface area contributed by atoms with Gasteiger partial charge in [0.2, 0.25) is 0 Å². The average Bonchev–Trinajstić information content (AvgIpc) is 3.18. The maximum absolute atomic E-state index is 14.2. The van der Waals surface area contributed by atoms with E-state index >= 15 is 0 Å². The average molecular weight is 264 g/mol. The molecule has 2 nitrogen and oxygen atoms in total. The summed E-state index contributed by atoms with van der Waals surface area (Å²) in [6, 6.07) is 5.84. The SMILES string of the molecule is CNC(C)c1c(F)cccc1N(CC1CC1)C(C)C. The van der Waals surface area contributed by atoms with Crippen molar-refractivity contribution in [2.45, 2.75) is 45.7 Å². The minimum absolute atomic E-state index is 0.0247. The van der Waals surface area contributed by atoms with E-state index in [0.717, 1.165) is 23.7 Å². The Morgan fingerprint density at radius 2 is 2.00 bits per heavy atom. The van der Waals surface area contributed by atoms with Crippen LogP contribution in [0.1, 0.15) is 45.2 Å². The molecule has 1 aromatic rings. The molecule has 3 heteroatoms. The predicted octanol–water partition coefficient (Wildman–Crippen LogP) is 3.73. The number of nitrogens with one attached hydrogen (secondary N) is 1. The Morgan fingerprint density at radius 1 is 1.32 bits per heavy atom. The largest absolute Gasteiger partial charge is 0.368 e. The first-order valence-electron chi connectivity index (χ1n) is 7.27. The summed E-state index contributed by atoms with van der Waals surface area (Å²) in [6.45, 7) is 7.42. The molecule has 1 saturated carbocycles. The van der Waals surface area contributed by atoms with Gasteiger partial charge < -0.3 is 10.2 Å². The standard InChI is InChI=1S/C16H25FN2/c1-11(2)19(10-13-8-9-13)15-7-5-6-14(17)16(15)12(3)18-4/h5-7,11-13,18H,8-10H2,1-4H3. The first-order chi connectivity index (χ1) is 9.04. The summed E-state index contributed by atoms with van der Waals surface area (Å²) in [6.07, 6.45) is 2.63. The molecule has 2 rings (SSSR count). The number of anilines is 1. The molecule has 1 N–H and O–H groups in total. The van der Waals surface area contributed by atoms with E-state index in [1.54, 1.807) is 6.07 Å². The van der Waals surface area contributed by atoms with E-state index in [1.165, 1.54) is 12.8 Å². The second-order valence-corrected chi connectivity index (χ2v) is 5.87. The minimum Gasteiger partial charge on any atom is -0.368 e. The lowest BCUT2D eigenvalue weighted by molar-refractivity contribution is 0.553. The third-order valence-electron chi connectivity index (χ3n) is 3.98. The number of rotatable bonds is 6. The quantitative estimate of drug-likeness (QED) is 0.842. The third-order valence-corrected chi connectivity index (χ3v) is 3.98. The van der Waals surface area contributed by atoms with Gasteiger partial charge >= 0.3 is 0 Å². The predicted molar refractivity (Wildman–Crippen MR) is 79.1 cm³/mol. The Hall–Kier alpha value is -1.09. The van der Waals surface area contributed by atoms with Crippen LogP contribution >= 0.6 is 0 Å². The van der Waals surface area contributed by atoms with Gasteiger partial charge in [-0.1, -0.05) is 6.07 Å². The number of halogens is 1. The summed E-state index contributed by atoms with van der Waals surface area (Å²) < 4.78 is 14.2. The fourth-order valence-corrected chi connectivity index (χ4v) is 2.52. The van der Waals surface area contributed by atoms with E-state index in [9.17, 15) is 4.39 Å². The molecule has 0 saturated heterocycles. The Balaban J connectivity index is 2.36. The topological polar surface area (TPSA) is 15.3 Å². The van der Waals surface area contributed by atoms with Gasteiger partial charge in [0.25, 0.3) is 0 Å². The second kappa shape index (κ2) is 5.91. The van der Waals surface area contributed by atoms with Crippen molar-refractivity contribution in [1.82, 2.24) is 5.32 Å². The van der Waals surface area contributed by atoms with E-state index < -0.39 is 0 Å². The lowest BCUT2D eigenvalue weighted by atomic mass is 10.0. The van der Waals surface area contributed by atoms with Crippen LogP contribution in [-0.4, -0.2) is 19.6 Å². The Labute approximate surface area is 116 Å². The number of hydrogen-bond acceptors (Lipinski definition) is 2. The molecule has 0 radical (unpaired) electrons. The molecule has 1 aliphatic rings. The van der Waals surface area contributed by atoms with Gasteiger partial charge in [-0.15, -0.1) is 0 Å². The van der Waals surface area contributed by atoms with Crippen LogP contribution in [0.5, 0.6) is 0 Å². The molecule has 0 spiro atoms. The first kappa shape index (κ1) is 14.3. The zero-order valence-corrected chi connectivity index (χ0v) is 12.4. The lowest BCUT2D eigenvalue weighted by Crippen LogP contribution is -2.34. The van der Waals surface area contributed by atoms with Gasteiger partial charge in [-0.05, 0) is 58.7 Å². The van der Waals surface area contributed by atoms with Crippen LogP contribution in [0.2, 0.25) is 0 Å². The van der Waals surface area contributed by atoms with Crippen LogP contribution in [0, 0.1) is 11.7 Å². The zero-order valence-electron chi connectivity index (χ0n) is 12.4. The van der Waals surface area contributed by atoms with Gasteiger partial charge in [-0.25, -0.2) is 4.39 Å². The molecule has 1 atom stereocenters. The number of hydrogen-bond donors (Lipinski definition) is 1. The third kappa shape index (κ3) is 3.27. The molecule has 0 aliphatic heterocycles. The highest BCUT2D eigenvalue weighted by molar-refractivity contribution is 5.56. The van der Waals surface area contributed by atoms with Crippen LogP contribution in [0.3, 0.4) is 0 Å². The van der Waals surface area contributed by atoms with Crippen LogP contribution in [0.15, 0.2) is 18.2 Å². The summed E-state index contributed by atoms with van der Waals surface area (Å²) in [5.74, 6) is 0.684. The van der Waals surface area contributed by atoms with Gasteiger partial charge in [-0.3, -0.25) is 0 Å². The molecule has 1 fully saturated rings. The molecular formula is C16H25FN2. The maximum atomic E-state index is 14.2. The van der Waals surface area contributed by atoms with Crippen molar-refractivity contribution in [3.8, 4) is 0 Å². The first-order valence-corrected chi connectivity index (χ1v) is 7.27. The van der Waals surface area contributed by atoms with Gasteiger partial charge in [0.05, 0.1) is 0 Å². The molecule has 0 aromatic heterocycles. The highest BCUT2D eigenvalue weighted by atomic mass is 19.1. The van der Waals surface area contributed by atoms with E-state index in [2.05, 4.69) is 30.1 Å². The summed E-state index contributed by atoms with van der Waals surface area (Å²) >= 11 is 0. The van der Waals surface area contributed by atoms with Gasteiger partial charge in [0.1, 0.15) is 5.82 Å². The molecule has 1 aromatic carbocycles. The molecule has 19 heavy (non-hydrogen) atoms. The molecule has 0 heterocycles. The van der Waals surface area contributed by atoms with Crippen LogP contribution in [0.25, 0.3) is 0 Å². The van der Waals surface area contributed by atoms with Crippen molar-refractivity contribution in [2.24, 2.45) is 5.92 Å². The number of benzene rings is 1. The summed E-state index contributed by atoms with van der Waals surface area (Å²) in [5, 5.41) is 3.16. The summed E-state index contributed by atoms with van der Waals surface area (Å²) in [7, 11) is 1.88. The molecule has 1 unspecified atom stereocenters. The monoisotopic (exact) mass is 264 g/mol. The van der Waals surface area contributed by atoms with Gasteiger partial charge in [0, 0.05) is 29.9 Å². The molecular weight excluding hydrogens is 239 g/mol. The minimum atomic E-state index is -0.110. The Bertz CT molecular complexity index is 427. The van der Waals surface area contributed by atoms with Crippen LogP contribution < -0.4 is 10.2 Å². The summed E-state index contributed by atoms with van der Waals surface area (Å²) in [5.41, 5.74) is 1.84. The Morgan fingerprint density at radius 3 is 2.53 bits per heavy atom. The fourth-order valence-electron chi connectivity index (χ4n) is 2.52. The van der Waals surface area contributed by atoms with Crippen molar-refractivity contribution in [2.75, 3.05) is 18.5 Å². The van der Waals surface area contributed by atoms with Crippen LogP contribution in [0.4, 0.5) is 10.1 Å². The summed E-state index contributed by atoms with van der Waals surface area (Å²) in [4.78, 5) is 2.35. The van der Waals surface area contributed by atoms with Crippen molar-refractivity contribution in [3.63, 3.8) is 0 Å². The smallest absolute Gasteiger partial charge is 0.130 e. The Kier molecular flexibility index (Phi) is 4.46. The van der Waals surface area contributed by atoms with E-state index in [4.69, 9.17) is 0 Å². The van der Waals surface area contributed by atoms with Crippen LogP contribution in [-0.2, 0) is 0 Å². The highest BCUT2D eigenvalue weighted by Gasteiger charge is 2.28. The van der Waals surface area contributed by atoms with Crippen molar-refractivity contribution >= 4 is 5.69 Å². The fraction of sp³-hybridized carbons (Fsp3) is 0.625. The molecule has 0 bridgehead atoms. The normalized spacial score (nSPS) is 16.7. The van der Waals surface area contributed by atoms with Gasteiger partial charge in [0.15, 0.2) is 0 Å². The maximum Gasteiger partial charge on any atom is 0.130 e. The van der Waals surface area contributed by atoms with E-state index in [1.807, 2.05) is 20.0 Å². The molecule has 1 aliphatic carbocycles. The highest BCUT2D eigenvalue weighted by Crippen LogP contribution is 2.35. The molecule has 0 amide bonds. The van der Waals surface area contributed by atoms with Crippen molar-refractivity contribution in [3.05, 3.63) is 29.6 Å². The lowest BCUT2D eigenvalue weighted by Gasteiger charge is -2.32. The van der Waals surface area contributed by atoms with E-state index in [-0.39, 0.29) is 11.9 Å². The van der Waals surface area contributed by atoms with E-state index in [0.29, 0.717) is 6.04 Å².